The van der Waals surface area contributed by atoms with Gasteiger partial charge in [-0.15, -0.1) is 0 Å². The number of nitrogens with two attached hydrogens (primary N) is 2. The van der Waals surface area contributed by atoms with Crippen LogP contribution in [0, 0.1) is 42.4 Å². The van der Waals surface area contributed by atoms with Crippen LogP contribution in [-0.2, 0) is 23.8 Å². The van der Waals surface area contributed by atoms with Gasteiger partial charge in [0.05, 0.1) is 34.8 Å². The molecule has 1 amide bonds. The van der Waals surface area contributed by atoms with Crippen LogP contribution in [0.2, 0.25) is 0 Å². The number of Topliss-reactive ketones (excluding diaryl/α,β-unsaturated/α-hetero) is 1. The molecule has 6 aliphatic rings. The number of methoxy groups -OCH3 is 1. The van der Waals surface area contributed by atoms with Gasteiger partial charge in [0.1, 0.15) is 35.2 Å². The first kappa shape index (κ1) is 54.3. The minimum absolute atomic E-state index is 0.0253. The number of allylic oxidation sites excluding steroid dienone is 4. The molecule has 394 valence electrons. The quantitative estimate of drug-likeness (QED) is 0.0663. The number of esters is 1. The van der Waals surface area contributed by atoms with Crippen molar-refractivity contribution in [1.29, 1.82) is 0 Å². The van der Waals surface area contributed by atoms with Gasteiger partial charge < -0.3 is 55.2 Å². The Morgan fingerprint density at radius 3 is 2.36 bits per heavy atom. The molecule has 17 nitrogen and oxygen atoms in total. The Morgan fingerprint density at radius 2 is 1.69 bits per heavy atom. The number of benzene rings is 2. The van der Waals surface area contributed by atoms with Crippen LogP contribution in [0.15, 0.2) is 58.0 Å². The Bertz CT molecular complexity index is 2630. The predicted octanol–water partition coefficient (Wildman–Crippen LogP) is 6.70. The SMILES string of the molecule is CO[C@H]1/C=C/OC2(C)Oc3c(C)c(O)c4c(O)c(c5c(c4c3C2=O)=NC2(CCN(CC(C)C)CC2)N=5)NC(=O)/C(C)=C\C=C\C(C)C[C@@H](C)C(O)[C@@H](C)C(OC(=O)CN(N)/C=C(\N)CC2CCCCC2)[C@@H]1C. The first-order chi connectivity index (χ1) is 34.1. The van der Waals surface area contributed by atoms with Crippen molar-refractivity contribution in [2.75, 3.05) is 38.6 Å². The molecule has 8 N–H and O–H groups in total. The van der Waals surface area contributed by atoms with Gasteiger partial charge >= 0.3 is 11.8 Å². The Balaban J connectivity index is 1.27. The van der Waals surface area contributed by atoms with Crippen LogP contribution in [0.3, 0.4) is 0 Å². The van der Waals surface area contributed by atoms with E-state index < -0.39 is 65.0 Å². The summed E-state index contributed by atoms with van der Waals surface area (Å²) in [5.74, 6) is 1.25. The monoisotopic (exact) mass is 998 g/mol. The molecule has 5 aliphatic heterocycles. The molecule has 5 heterocycles. The maximum absolute atomic E-state index is 14.9. The second-order valence-corrected chi connectivity index (χ2v) is 21.9. The molecule has 5 bridgehead atoms. The van der Waals surface area contributed by atoms with E-state index in [4.69, 9.17) is 40.5 Å². The molecule has 2 aromatic rings. The lowest BCUT2D eigenvalue weighted by Gasteiger charge is -2.37. The van der Waals surface area contributed by atoms with Crippen molar-refractivity contribution in [3.63, 3.8) is 0 Å². The van der Waals surface area contributed by atoms with Gasteiger partial charge in [0.2, 0.25) is 0 Å². The lowest BCUT2D eigenvalue weighted by molar-refractivity contribution is -0.162. The third-order valence-corrected chi connectivity index (χ3v) is 15.5. The average Bonchev–Trinajstić information content (AvgIpc) is 3.83. The summed E-state index contributed by atoms with van der Waals surface area (Å²) in [5, 5.41) is 40.8. The number of anilines is 1. The fourth-order valence-electron chi connectivity index (χ4n) is 11.4. The predicted molar refractivity (Wildman–Crippen MR) is 275 cm³/mol. The van der Waals surface area contributed by atoms with Crippen molar-refractivity contribution < 1.29 is 48.7 Å². The van der Waals surface area contributed by atoms with E-state index >= 15 is 0 Å². The van der Waals surface area contributed by atoms with Crippen molar-refractivity contribution in [3.8, 4) is 17.2 Å². The molecule has 4 unspecified atom stereocenters. The third kappa shape index (κ3) is 11.5. The number of hydrogen-bond acceptors (Lipinski definition) is 16. The Hall–Kier alpha value is -5.49. The molecular formula is C55H79N7O10. The molecule has 1 saturated heterocycles. The van der Waals surface area contributed by atoms with Gasteiger partial charge in [-0.2, -0.15) is 0 Å². The number of nitrogens with one attached hydrogen (secondary N) is 1. The normalized spacial score (nSPS) is 30.2. The number of hydrazine groups is 1. The average molecular weight is 998 g/mol. The summed E-state index contributed by atoms with van der Waals surface area (Å²) in [5.41, 5.74) is 6.52. The molecule has 1 spiro atoms. The van der Waals surface area contributed by atoms with Crippen molar-refractivity contribution in [1.82, 2.24) is 9.91 Å². The molecule has 2 fully saturated rings. The molecule has 0 radical (unpaired) electrons. The molecule has 0 aromatic heterocycles. The summed E-state index contributed by atoms with van der Waals surface area (Å²) in [4.78, 5) is 55.5. The van der Waals surface area contributed by atoms with Gasteiger partial charge in [0.25, 0.3) is 11.7 Å². The summed E-state index contributed by atoms with van der Waals surface area (Å²) >= 11 is 0. The van der Waals surface area contributed by atoms with Crippen LogP contribution >= 0.6 is 0 Å². The molecule has 2 aromatic carbocycles. The number of aromatic hydroxyl groups is 2. The number of aliphatic hydroxyl groups is 1. The fraction of sp³-hybridized carbons (Fsp3) is 0.618. The van der Waals surface area contributed by atoms with Gasteiger partial charge in [0, 0.05) is 86.8 Å². The summed E-state index contributed by atoms with van der Waals surface area (Å²) in [6.45, 7) is 18.7. The zero-order valence-electron chi connectivity index (χ0n) is 44.0. The van der Waals surface area contributed by atoms with Gasteiger partial charge in [-0.05, 0) is 56.4 Å². The lowest BCUT2D eigenvalue weighted by atomic mass is 9.79. The van der Waals surface area contributed by atoms with E-state index in [2.05, 4.69) is 24.1 Å². The number of carbonyl (C=O) groups is 3. The Kier molecular flexibility index (Phi) is 16.8. The number of nitrogens with zero attached hydrogens (tertiary/aromatic N) is 4. The van der Waals surface area contributed by atoms with Crippen LogP contribution in [0.4, 0.5) is 5.69 Å². The second kappa shape index (κ2) is 22.3. The zero-order valence-corrected chi connectivity index (χ0v) is 44.0. The molecule has 1 saturated carbocycles. The minimum Gasteiger partial charge on any atom is -0.507 e. The number of carbonyl (C=O) groups excluding carboxylic acids is 3. The summed E-state index contributed by atoms with van der Waals surface area (Å²) < 4.78 is 24.8. The third-order valence-electron chi connectivity index (χ3n) is 15.5. The second-order valence-electron chi connectivity index (χ2n) is 21.9. The van der Waals surface area contributed by atoms with Gasteiger partial charge in [0.15, 0.2) is 11.4 Å². The highest BCUT2D eigenvalue weighted by Gasteiger charge is 2.50. The van der Waals surface area contributed by atoms with Crippen LogP contribution in [0.5, 0.6) is 17.2 Å². The molecular weight excluding hydrogens is 919 g/mol. The highest BCUT2D eigenvalue weighted by atomic mass is 16.7. The van der Waals surface area contributed by atoms with Gasteiger partial charge in [-0.25, -0.2) is 5.84 Å². The summed E-state index contributed by atoms with van der Waals surface area (Å²) in [6, 6.07) is 0. The number of aliphatic hydroxyl groups excluding tert-OH is 1. The van der Waals surface area contributed by atoms with Crippen molar-refractivity contribution >= 4 is 34.1 Å². The zero-order chi connectivity index (χ0) is 52.4. The first-order valence-corrected chi connectivity index (χ1v) is 26.0. The van der Waals surface area contributed by atoms with Gasteiger partial charge in [-0.1, -0.05) is 91.9 Å². The number of ether oxygens (including phenoxy) is 4. The fourth-order valence-corrected chi connectivity index (χ4v) is 11.4. The maximum Gasteiger partial charge on any atom is 0.327 e. The topological polar surface area (TPSA) is 244 Å². The molecule has 1 aliphatic carbocycles. The number of phenolic OH excluding ortho intramolecular Hbond substituents is 2. The Labute approximate surface area is 424 Å². The number of hydrogen-bond donors (Lipinski definition) is 6. The highest BCUT2D eigenvalue weighted by molar-refractivity contribution is 6.19. The summed E-state index contributed by atoms with van der Waals surface area (Å²) in [6.07, 6.45) is 15.4. The molecule has 17 heteroatoms. The molecule has 8 atom stereocenters. The number of fused-ring (bicyclic) bond motifs is 13. The number of phenols is 2. The lowest BCUT2D eigenvalue weighted by Crippen LogP contribution is -2.46. The van der Waals surface area contributed by atoms with E-state index in [1.54, 1.807) is 38.3 Å². The summed E-state index contributed by atoms with van der Waals surface area (Å²) in [7, 11) is 1.50. The standard InChI is InChI=1S/C55H79N7O10/c1-30(2)27-61-22-20-55(21-23-61)59-44-41-42-48(65)36(8)51-43(41)52(67)54(9,72-51)70-24-19-39(69-10)34(6)50(71-40(63)29-62(57)28-38(56)26-37-17-12-11-13-18-37)35(7)47(64)33(5)25-31(3)15-14-16-32(4)53(68)58-46(49(42)66)45(44)60-55/h14-16,19,24,28,30-31,33-35,37,39,47,50,64-66H,11-13,17-18,20-23,25-27,29,56-57H2,1-10H3,(H,58,68)/b15-14+,24-19+,32-16-,38-28-/t31?,33-,34-,35-,39+,47?,50?,54?/m1/s1. The smallest absolute Gasteiger partial charge is 0.327 e. The largest absolute Gasteiger partial charge is 0.507 e. The number of amides is 1. The maximum atomic E-state index is 14.9. The highest BCUT2D eigenvalue weighted by Crippen LogP contribution is 2.50. The van der Waals surface area contributed by atoms with Crippen molar-refractivity contribution in [2.24, 2.45) is 57.1 Å². The van der Waals surface area contributed by atoms with Crippen LogP contribution < -0.4 is 32.3 Å². The van der Waals surface area contributed by atoms with E-state index in [1.807, 2.05) is 33.8 Å². The van der Waals surface area contributed by atoms with E-state index in [-0.39, 0.29) is 68.2 Å². The molecule has 72 heavy (non-hydrogen) atoms. The van der Waals surface area contributed by atoms with Crippen LogP contribution in [-0.4, -0.2) is 106 Å². The number of piperidine rings is 1. The van der Waals surface area contributed by atoms with Crippen LogP contribution in [0.25, 0.3) is 10.8 Å². The van der Waals surface area contributed by atoms with Crippen molar-refractivity contribution in [2.45, 2.75) is 150 Å². The minimum atomic E-state index is -1.97. The van der Waals surface area contributed by atoms with E-state index in [9.17, 15) is 29.7 Å². The van der Waals surface area contributed by atoms with E-state index in [0.717, 1.165) is 19.4 Å². The van der Waals surface area contributed by atoms with Crippen LogP contribution in [0.1, 0.15) is 129 Å². The molecule has 8 rings (SSSR count). The van der Waals surface area contributed by atoms with E-state index in [0.29, 0.717) is 61.9 Å². The van der Waals surface area contributed by atoms with Gasteiger partial charge in [-0.3, -0.25) is 24.4 Å². The number of rotatable bonds is 9. The van der Waals surface area contributed by atoms with E-state index in [1.165, 1.54) is 44.6 Å². The Morgan fingerprint density at radius 1 is 1.01 bits per heavy atom. The van der Waals surface area contributed by atoms with Crippen molar-refractivity contribution in [3.05, 3.63) is 69.9 Å². The number of ketones is 1. The number of likely N-dealkylation sites (tertiary alicyclic amines) is 1. The first-order valence-electron chi connectivity index (χ1n) is 26.0.